The molecule has 1 aliphatic rings. The van der Waals surface area contributed by atoms with E-state index in [1.54, 1.807) is 0 Å². The van der Waals surface area contributed by atoms with E-state index in [0.717, 1.165) is 38.0 Å². The lowest BCUT2D eigenvalue weighted by Gasteiger charge is -2.35. The van der Waals surface area contributed by atoms with E-state index in [0.29, 0.717) is 19.2 Å². The van der Waals surface area contributed by atoms with Gasteiger partial charge in [-0.3, -0.25) is 0 Å². The maximum absolute atomic E-state index is 12.2. The number of hydrogen-bond donors (Lipinski definition) is 1. The smallest absolute Gasteiger partial charge is 0.317 e. The van der Waals surface area contributed by atoms with Crippen molar-refractivity contribution >= 4 is 6.03 Å². The van der Waals surface area contributed by atoms with Crippen molar-refractivity contribution in [1.82, 2.24) is 10.2 Å². The first-order valence-corrected chi connectivity index (χ1v) is 8.50. The second-order valence-corrected chi connectivity index (χ2v) is 5.83. The molecule has 0 bridgehead atoms. The third-order valence-electron chi connectivity index (χ3n) is 4.31. The van der Waals surface area contributed by atoms with E-state index in [1.165, 1.54) is 12.0 Å². The zero-order valence-electron chi connectivity index (χ0n) is 13.8. The summed E-state index contributed by atoms with van der Waals surface area (Å²) in [5, 5.41) is 2.98. The Kier molecular flexibility index (Phi) is 6.56. The van der Waals surface area contributed by atoms with E-state index in [1.807, 2.05) is 17.0 Å². The zero-order valence-corrected chi connectivity index (χ0v) is 13.8. The molecule has 0 radical (unpaired) electrons. The topological polar surface area (TPSA) is 41.6 Å². The number of urea groups is 1. The summed E-state index contributed by atoms with van der Waals surface area (Å²) in [6.45, 7) is 6.21. The predicted octanol–water partition coefficient (Wildman–Crippen LogP) is 3.60. The molecule has 0 spiro atoms. The number of benzene rings is 1. The third kappa shape index (κ3) is 4.65. The molecule has 0 aliphatic carbocycles. The summed E-state index contributed by atoms with van der Waals surface area (Å²) in [7, 11) is 0. The van der Waals surface area contributed by atoms with Crippen molar-refractivity contribution in [2.75, 3.05) is 19.7 Å². The first kappa shape index (κ1) is 16.7. The number of rotatable bonds is 6. The number of hydrogen-bond acceptors (Lipinski definition) is 2. The predicted molar refractivity (Wildman–Crippen MR) is 89.3 cm³/mol. The highest BCUT2D eigenvalue weighted by atomic mass is 16.5. The lowest BCUT2D eigenvalue weighted by molar-refractivity contribution is 0.147. The summed E-state index contributed by atoms with van der Waals surface area (Å²) < 4.78 is 5.71. The average Bonchev–Trinajstić information content (AvgIpc) is 2.58. The van der Waals surface area contributed by atoms with Gasteiger partial charge in [0.1, 0.15) is 12.4 Å². The van der Waals surface area contributed by atoms with E-state index in [2.05, 4.69) is 31.3 Å². The van der Waals surface area contributed by atoms with Gasteiger partial charge in [-0.25, -0.2) is 4.79 Å². The van der Waals surface area contributed by atoms with Gasteiger partial charge in [0.15, 0.2) is 0 Å². The molecule has 1 aliphatic heterocycles. The summed E-state index contributed by atoms with van der Waals surface area (Å²) in [4.78, 5) is 14.2. The molecule has 1 unspecified atom stereocenters. The Morgan fingerprint density at radius 3 is 3.00 bits per heavy atom. The molecular weight excluding hydrogens is 276 g/mol. The fraction of sp³-hybridized carbons (Fsp3) is 0.611. The fourth-order valence-electron chi connectivity index (χ4n) is 2.98. The molecule has 4 nitrogen and oxygen atoms in total. The van der Waals surface area contributed by atoms with E-state index in [4.69, 9.17) is 4.74 Å². The Morgan fingerprint density at radius 1 is 1.36 bits per heavy atom. The maximum atomic E-state index is 12.2. The van der Waals surface area contributed by atoms with Crippen molar-refractivity contribution in [2.45, 2.75) is 52.0 Å². The van der Waals surface area contributed by atoms with Crippen molar-refractivity contribution in [3.05, 3.63) is 29.8 Å². The van der Waals surface area contributed by atoms with Gasteiger partial charge in [-0.05, 0) is 49.8 Å². The van der Waals surface area contributed by atoms with Crippen LogP contribution in [-0.2, 0) is 6.42 Å². The second-order valence-electron chi connectivity index (χ2n) is 5.83. The van der Waals surface area contributed by atoms with Crippen LogP contribution in [0.2, 0.25) is 0 Å². The number of nitrogens with zero attached hydrogens (tertiary/aromatic N) is 1. The van der Waals surface area contributed by atoms with Crippen molar-refractivity contribution < 1.29 is 9.53 Å². The van der Waals surface area contributed by atoms with Gasteiger partial charge in [-0.1, -0.05) is 26.0 Å². The van der Waals surface area contributed by atoms with Gasteiger partial charge in [-0.2, -0.15) is 0 Å². The van der Waals surface area contributed by atoms with E-state index < -0.39 is 0 Å². The molecule has 1 saturated heterocycles. The van der Waals surface area contributed by atoms with Crippen LogP contribution >= 0.6 is 0 Å². The number of aryl methyl sites for hydroxylation is 1. The number of carbonyl (C=O) groups excluding carboxylic acids is 1. The summed E-state index contributed by atoms with van der Waals surface area (Å²) in [5.74, 6) is 0.873. The van der Waals surface area contributed by atoms with Crippen LogP contribution in [0.4, 0.5) is 4.79 Å². The molecular formula is C18H28N2O2. The summed E-state index contributed by atoms with van der Waals surface area (Å²) in [6.07, 6.45) is 5.52. The van der Waals surface area contributed by atoms with Gasteiger partial charge in [0, 0.05) is 12.6 Å². The highest BCUT2D eigenvalue weighted by molar-refractivity contribution is 5.74. The van der Waals surface area contributed by atoms with Crippen LogP contribution < -0.4 is 10.1 Å². The van der Waals surface area contributed by atoms with Gasteiger partial charge in [0.2, 0.25) is 0 Å². The summed E-state index contributed by atoms with van der Waals surface area (Å²) in [6, 6.07) is 8.56. The molecule has 0 saturated carbocycles. The Hall–Kier alpha value is -1.71. The molecule has 4 heteroatoms. The monoisotopic (exact) mass is 304 g/mol. The largest absolute Gasteiger partial charge is 0.492 e. The van der Waals surface area contributed by atoms with Gasteiger partial charge in [0.05, 0.1) is 6.54 Å². The highest BCUT2D eigenvalue weighted by Crippen LogP contribution is 2.19. The minimum atomic E-state index is 0.0532. The minimum Gasteiger partial charge on any atom is -0.492 e. The number of carbonyl (C=O) groups is 1. The zero-order chi connectivity index (χ0) is 15.8. The van der Waals surface area contributed by atoms with Crippen LogP contribution in [0.25, 0.3) is 0 Å². The molecule has 1 fully saturated rings. The Labute approximate surface area is 133 Å². The molecule has 1 aromatic rings. The molecule has 2 amide bonds. The van der Waals surface area contributed by atoms with E-state index >= 15 is 0 Å². The fourth-order valence-corrected chi connectivity index (χ4v) is 2.98. The molecule has 22 heavy (non-hydrogen) atoms. The van der Waals surface area contributed by atoms with Crippen LogP contribution in [0.5, 0.6) is 5.75 Å². The number of nitrogens with one attached hydrogen (secondary N) is 1. The third-order valence-corrected chi connectivity index (χ3v) is 4.31. The Balaban J connectivity index is 1.72. The average molecular weight is 304 g/mol. The van der Waals surface area contributed by atoms with Crippen LogP contribution in [0.1, 0.15) is 45.1 Å². The molecule has 2 rings (SSSR count). The second kappa shape index (κ2) is 8.66. The molecule has 1 aromatic carbocycles. The van der Waals surface area contributed by atoms with Crippen molar-refractivity contribution in [2.24, 2.45) is 0 Å². The SMILES string of the molecule is CCc1cccc(OCCNC(=O)N2CCCCC2CC)c1. The molecule has 1 atom stereocenters. The normalized spacial score (nSPS) is 18.1. The van der Waals surface area contributed by atoms with Crippen LogP contribution in [0.3, 0.4) is 0 Å². The number of amides is 2. The first-order valence-electron chi connectivity index (χ1n) is 8.50. The lowest BCUT2D eigenvalue weighted by Crippen LogP contribution is -2.49. The lowest BCUT2D eigenvalue weighted by atomic mass is 10.0. The quantitative estimate of drug-likeness (QED) is 0.816. The number of ether oxygens (including phenoxy) is 1. The van der Waals surface area contributed by atoms with Crippen LogP contribution in [0, 0.1) is 0 Å². The summed E-state index contributed by atoms with van der Waals surface area (Å²) >= 11 is 0. The molecule has 0 aromatic heterocycles. The maximum Gasteiger partial charge on any atom is 0.317 e. The first-order chi connectivity index (χ1) is 10.7. The van der Waals surface area contributed by atoms with E-state index in [-0.39, 0.29) is 6.03 Å². The van der Waals surface area contributed by atoms with Gasteiger partial charge >= 0.3 is 6.03 Å². The standard InChI is InChI=1S/C18H28N2O2/c1-3-15-8-7-10-17(14-15)22-13-11-19-18(21)20-12-6-5-9-16(20)4-2/h7-8,10,14,16H,3-6,9,11-13H2,1-2H3,(H,19,21). The van der Waals surface area contributed by atoms with Crippen molar-refractivity contribution in [3.63, 3.8) is 0 Å². The summed E-state index contributed by atoms with van der Waals surface area (Å²) in [5.41, 5.74) is 1.26. The number of likely N-dealkylation sites (tertiary alicyclic amines) is 1. The van der Waals surface area contributed by atoms with Crippen LogP contribution in [-0.4, -0.2) is 36.7 Å². The highest BCUT2D eigenvalue weighted by Gasteiger charge is 2.24. The Morgan fingerprint density at radius 2 is 2.23 bits per heavy atom. The van der Waals surface area contributed by atoms with Crippen molar-refractivity contribution in [1.29, 1.82) is 0 Å². The molecule has 1 N–H and O–H groups in total. The van der Waals surface area contributed by atoms with Crippen LogP contribution in [0.15, 0.2) is 24.3 Å². The van der Waals surface area contributed by atoms with E-state index in [9.17, 15) is 4.79 Å². The number of piperidine rings is 1. The van der Waals surface area contributed by atoms with Gasteiger partial charge in [0.25, 0.3) is 0 Å². The van der Waals surface area contributed by atoms with Gasteiger partial charge in [-0.15, -0.1) is 0 Å². The molecule has 122 valence electrons. The molecule has 1 heterocycles. The minimum absolute atomic E-state index is 0.0532. The van der Waals surface area contributed by atoms with Crippen molar-refractivity contribution in [3.8, 4) is 5.75 Å². The van der Waals surface area contributed by atoms with Gasteiger partial charge < -0.3 is 15.0 Å². The Bertz CT molecular complexity index is 476.